The van der Waals surface area contributed by atoms with Crippen molar-refractivity contribution in [3.05, 3.63) is 29.8 Å². The summed E-state index contributed by atoms with van der Waals surface area (Å²) < 4.78 is 44.0. The van der Waals surface area contributed by atoms with Crippen molar-refractivity contribution in [1.82, 2.24) is 0 Å². The van der Waals surface area contributed by atoms with Crippen LogP contribution in [0.4, 0.5) is 0 Å². The molecule has 1 saturated carbocycles. The van der Waals surface area contributed by atoms with Crippen molar-refractivity contribution in [1.29, 1.82) is 0 Å². The van der Waals surface area contributed by atoms with Gasteiger partial charge in [0.05, 0.1) is 4.90 Å². The topological polar surface area (TPSA) is 80.3 Å². The highest BCUT2D eigenvalue weighted by Gasteiger charge is 2.69. The Morgan fingerprint density at radius 3 is 2.50 bits per heavy atom. The summed E-state index contributed by atoms with van der Waals surface area (Å²) in [6, 6.07) is 6.62. The molecule has 7 nitrogen and oxygen atoms in total. The van der Waals surface area contributed by atoms with Crippen LogP contribution in [0.5, 0.6) is 0 Å². The molecule has 1 aromatic rings. The van der Waals surface area contributed by atoms with Gasteiger partial charge in [-0.15, -0.1) is 0 Å². The van der Waals surface area contributed by atoms with Crippen molar-refractivity contribution >= 4 is 10.1 Å². The molecule has 2 unspecified atom stereocenters. The van der Waals surface area contributed by atoms with Crippen LogP contribution >= 0.6 is 0 Å². The summed E-state index contributed by atoms with van der Waals surface area (Å²) in [6.45, 7) is 7.97. The number of rotatable bonds is 3. The van der Waals surface area contributed by atoms with Gasteiger partial charge in [-0.05, 0) is 57.1 Å². The van der Waals surface area contributed by atoms with Crippen molar-refractivity contribution in [2.75, 3.05) is 0 Å². The lowest BCUT2D eigenvalue weighted by Crippen LogP contribution is -2.70. The summed E-state index contributed by atoms with van der Waals surface area (Å²) in [4.78, 5) is 12.0. The number of ether oxygens (including phenoxy) is 2. The van der Waals surface area contributed by atoms with E-state index in [1.807, 2.05) is 20.8 Å². The molecular weight excluding hydrogens is 408 g/mol. The molecule has 4 saturated heterocycles. The lowest BCUT2D eigenvalue weighted by molar-refractivity contribution is -0.575. The Hall–Kier alpha value is -1.03. The van der Waals surface area contributed by atoms with E-state index in [2.05, 4.69) is 6.92 Å². The fourth-order valence-corrected chi connectivity index (χ4v) is 6.92. The molecule has 30 heavy (non-hydrogen) atoms. The van der Waals surface area contributed by atoms with E-state index in [4.69, 9.17) is 23.4 Å². The van der Waals surface area contributed by atoms with Gasteiger partial charge >= 0.3 is 0 Å². The van der Waals surface area contributed by atoms with Crippen LogP contribution in [0.3, 0.4) is 0 Å². The number of hydrogen-bond acceptors (Lipinski definition) is 7. The van der Waals surface area contributed by atoms with Gasteiger partial charge < -0.3 is 9.47 Å². The van der Waals surface area contributed by atoms with Crippen LogP contribution in [0.1, 0.15) is 52.0 Å². The molecule has 5 fully saturated rings. The average Bonchev–Trinajstić information content (AvgIpc) is 2.92. The van der Waals surface area contributed by atoms with E-state index in [0.29, 0.717) is 12.3 Å². The van der Waals surface area contributed by atoms with Crippen LogP contribution in [0.15, 0.2) is 29.2 Å². The van der Waals surface area contributed by atoms with E-state index >= 15 is 0 Å². The minimum Gasteiger partial charge on any atom is -0.319 e. The molecule has 5 aliphatic rings. The summed E-state index contributed by atoms with van der Waals surface area (Å²) >= 11 is 0. The first-order chi connectivity index (χ1) is 14.1. The minimum atomic E-state index is -3.98. The monoisotopic (exact) mass is 438 g/mol. The first-order valence-corrected chi connectivity index (χ1v) is 12.3. The summed E-state index contributed by atoms with van der Waals surface area (Å²) in [5, 5.41) is 0. The molecule has 0 aromatic heterocycles. The van der Waals surface area contributed by atoms with E-state index in [9.17, 15) is 8.42 Å². The van der Waals surface area contributed by atoms with Gasteiger partial charge in [-0.3, -0.25) is 0 Å². The smallest absolute Gasteiger partial charge is 0.299 e. The van der Waals surface area contributed by atoms with Gasteiger partial charge in [-0.2, -0.15) is 8.42 Å². The Balaban J connectivity index is 1.47. The maximum absolute atomic E-state index is 12.9. The maximum atomic E-state index is 12.9. The molecular formula is C22H30O7S. The first-order valence-electron chi connectivity index (χ1n) is 10.8. The highest BCUT2D eigenvalue weighted by molar-refractivity contribution is 7.86. The van der Waals surface area contributed by atoms with Crippen molar-refractivity contribution < 1.29 is 31.8 Å². The second-order valence-corrected chi connectivity index (χ2v) is 11.2. The van der Waals surface area contributed by atoms with Crippen LogP contribution in [-0.2, 0) is 33.6 Å². The number of benzene rings is 1. The predicted octanol–water partition coefficient (Wildman–Crippen LogP) is 3.91. The first kappa shape index (κ1) is 20.8. The highest BCUT2D eigenvalue weighted by Crippen LogP contribution is 2.60. The second kappa shape index (κ2) is 6.98. The van der Waals surface area contributed by atoms with Gasteiger partial charge in [-0.25, -0.2) is 14.0 Å². The third-order valence-electron chi connectivity index (χ3n) is 7.63. The van der Waals surface area contributed by atoms with Gasteiger partial charge in [0, 0.05) is 18.3 Å². The largest absolute Gasteiger partial charge is 0.319 e. The Morgan fingerprint density at radius 2 is 1.77 bits per heavy atom. The van der Waals surface area contributed by atoms with Gasteiger partial charge in [-0.1, -0.05) is 31.5 Å². The van der Waals surface area contributed by atoms with E-state index in [1.54, 1.807) is 24.3 Å². The van der Waals surface area contributed by atoms with Crippen LogP contribution < -0.4 is 0 Å². The molecule has 4 aliphatic heterocycles. The highest BCUT2D eigenvalue weighted by atomic mass is 32.2. The molecule has 1 spiro atoms. The standard InChI is InChI=1S/C22H30O7S/c1-13-5-8-16(9-6-13)30(23,24)27-19-15(3)18-10-7-14(2)17-11-12-21(4)26-20(25-19)22(17,18)29-28-21/h5-6,8-9,14-15,17-20H,7,10-12H2,1-4H3/t14-,15-,17?,18?,19-,20-,21+,22-/m1/s1. The van der Waals surface area contributed by atoms with E-state index in [-0.39, 0.29) is 22.6 Å². The summed E-state index contributed by atoms with van der Waals surface area (Å²) in [5.41, 5.74) is 0.245. The van der Waals surface area contributed by atoms with Gasteiger partial charge in [0.2, 0.25) is 5.79 Å². The molecule has 0 radical (unpaired) electrons. The fraction of sp³-hybridized carbons (Fsp3) is 0.727. The Labute approximate surface area is 178 Å². The van der Waals surface area contributed by atoms with Crippen LogP contribution in [-0.4, -0.2) is 32.4 Å². The van der Waals surface area contributed by atoms with Gasteiger partial charge in [0.15, 0.2) is 18.2 Å². The molecule has 8 atom stereocenters. The number of fused-ring (bicyclic) bond motifs is 2. The van der Waals surface area contributed by atoms with Crippen molar-refractivity contribution in [2.24, 2.45) is 23.7 Å². The van der Waals surface area contributed by atoms with E-state index in [0.717, 1.165) is 24.8 Å². The van der Waals surface area contributed by atoms with Crippen LogP contribution in [0, 0.1) is 30.6 Å². The molecule has 8 heteroatoms. The summed E-state index contributed by atoms with van der Waals surface area (Å²) in [7, 11) is -3.98. The molecule has 166 valence electrons. The minimum absolute atomic E-state index is 0.0123. The van der Waals surface area contributed by atoms with E-state index in [1.165, 1.54) is 0 Å². The molecule has 0 N–H and O–H groups in total. The quantitative estimate of drug-likeness (QED) is 0.523. The van der Waals surface area contributed by atoms with Crippen molar-refractivity contribution in [3.8, 4) is 0 Å². The molecule has 1 aliphatic carbocycles. The van der Waals surface area contributed by atoms with Crippen LogP contribution in [0.25, 0.3) is 0 Å². The van der Waals surface area contributed by atoms with Gasteiger partial charge in [0.25, 0.3) is 10.1 Å². The summed E-state index contributed by atoms with van der Waals surface area (Å²) in [6.07, 6.45) is 1.88. The maximum Gasteiger partial charge on any atom is 0.299 e. The third-order valence-corrected chi connectivity index (χ3v) is 8.92. The second-order valence-electron chi connectivity index (χ2n) is 9.64. The Kier molecular flexibility index (Phi) is 4.85. The van der Waals surface area contributed by atoms with Crippen molar-refractivity contribution in [3.63, 3.8) is 0 Å². The summed E-state index contributed by atoms with van der Waals surface area (Å²) in [5.74, 6) is -0.425. The molecule has 6 rings (SSSR count). The number of hydrogen-bond donors (Lipinski definition) is 0. The Bertz CT molecular complexity index is 916. The lowest BCUT2D eigenvalue weighted by Gasteiger charge is -2.60. The molecule has 0 amide bonds. The fourth-order valence-electron chi connectivity index (χ4n) is 5.87. The zero-order valence-electron chi connectivity index (χ0n) is 17.9. The number of aryl methyl sites for hydroxylation is 1. The Morgan fingerprint density at radius 1 is 1.03 bits per heavy atom. The average molecular weight is 439 g/mol. The lowest BCUT2D eigenvalue weighted by atomic mass is 9.58. The van der Waals surface area contributed by atoms with Crippen molar-refractivity contribution in [2.45, 2.75) is 82.2 Å². The zero-order valence-corrected chi connectivity index (χ0v) is 18.7. The molecule has 2 bridgehead atoms. The SMILES string of the molecule is Cc1ccc(S(=O)(=O)O[C@H]2O[C@@H]3O[C@]4(C)CCC5[C@H](C)CCC([C@H]2C)[C@]53OO4)cc1. The third kappa shape index (κ3) is 3.07. The zero-order chi connectivity index (χ0) is 21.3. The van der Waals surface area contributed by atoms with Crippen LogP contribution in [0.2, 0.25) is 0 Å². The molecule has 1 aromatic carbocycles. The normalized spacial score (nSPS) is 45.6. The molecule has 4 heterocycles. The van der Waals surface area contributed by atoms with Gasteiger partial charge in [0.1, 0.15) is 0 Å². The van der Waals surface area contributed by atoms with E-state index < -0.39 is 34.1 Å². The predicted molar refractivity (Wildman–Crippen MR) is 106 cm³/mol.